The molecule has 2 amide bonds. The highest BCUT2D eigenvalue weighted by Crippen LogP contribution is 2.48. The number of carbonyl (C=O) groups excluding carboxylic acids is 2. The van der Waals surface area contributed by atoms with E-state index in [2.05, 4.69) is 0 Å². The molecule has 0 bridgehead atoms. The molecule has 0 aromatic heterocycles. The molecule has 2 aliphatic heterocycles. The second-order valence-electron chi connectivity index (χ2n) is 7.36. The Morgan fingerprint density at radius 1 is 1.26 bits per heavy atom. The van der Waals surface area contributed by atoms with Gasteiger partial charge in [0.05, 0.1) is 11.1 Å². The number of amides is 2. The van der Waals surface area contributed by atoms with E-state index < -0.39 is 71.2 Å². The Morgan fingerprint density at radius 2 is 1.89 bits per heavy atom. The summed E-state index contributed by atoms with van der Waals surface area (Å²) in [6, 6.07) is -0.581. The molecule has 10 heteroatoms. The lowest BCUT2D eigenvalue weighted by molar-refractivity contribution is -0.145. The van der Waals surface area contributed by atoms with Crippen LogP contribution in [-0.2, 0) is 15.7 Å². The smallest absolute Gasteiger partial charge is 0.417 e. The molecule has 0 unspecified atom stereocenters. The number of alkyl halides is 4. The highest BCUT2D eigenvalue weighted by Gasteiger charge is 2.53. The fourth-order valence-corrected chi connectivity index (χ4v) is 3.13. The monoisotopic (exact) mass is 393 g/mol. The number of ether oxygens (including phenoxy) is 2. The van der Waals surface area contributed by atoms with E-state index in [1.807, 2.05) is 0 Å². The first-order chi connectivity index (χ1) is 12.3. The number of nitrogens with zero attached hydrogens (tertiary/aromatic N) is 1. The minimum atomic E-state index is -4.82. The van der Waals surface area contributed by atoms with Crippen molar-refractivity contribution in [1.29, 1.82) is 0 Å². The Labute approximate surface area is 151 Å². The summed E-state index contributed by atoms with van der Waals surface area (Å²) in [5.74, 6) is -3.03. The first-order valence-corrected chi connectivity index (χ1v) is 8.07. The first kappa shape index (κ1) is 19.4. The van der Waals surface area contributed by atoms with Gasteiger partial charge in [-0.1, -0.05) is 0 Å². The molecule has 1 fully saturated rings. The standard InChI is InChI=1S/C17H16F5NO4/c1-16(2,3)27-15(25)23-13-11(6-9(19)14(23)24)26-10-5-7(17(20,21)22)4-8(18)12(10)13/h4-5,9,11,13H,6H2,1-3H3/t9-,11-,13+/m0/s1. The summed E-state index contributed by atoms with van der Waals surface area (Å²) in [5.41, 5.74) is -2.72. The van der Waals surface area contributed by atoms with Crippen LogP contribution in [0.3, 0.4) is 0 Å². The minimum absolute atomic E-state index is 0.254. The fraction of sp³-hybridized carbons (Fsp3) is 0.529. The van der Waals surface area contributed by atoms with Crippen LogP contribution < -0.4 is 4.74 Å². The summed E-state index contributed by atoms with van der Waals surface area (Å²) in [4.78, 5) is 25.0. The lowest BCUT2D eigenvalue weighted by atomic mass is 9.92. The summed E-state index contributed by atoms with van der Waals surface area (Å²) < 4.78 is 77.6. The molecule has 1 aromatic rings. The van der Waals surface area contributed by atoms with Crippen molar-refractivity contribution < 1.29 is 41.0 Å². The molecule has 3 rings (SSSR count). The zero-order valence-corrected chi connectivity index (χ0v) is 14.6. The first-order valence-electron chi connectivity index (χ1n) is 8.07. The molecule has 3 atom stereocenters. The van der Waals surface area contributed by atoms with Gasteiger partial charge in [0.25, 0.3) is 5.91 Å². The lowest BCUT2D eigenvalue weighted by Crippen LogP contribution is -2.54. The Balaban J connectivity index is 2.07. The largest absolute Gasteiger partial charge is 0.487 e. The number of imide groups is 1. The van der Waals surface area contributed by atoms with Gasteiger partial charge in [0.1, 0.15) is 29.3 Å². The van der Waals surface area contributed by atoms with Crippen LogP contribution in [0.2, 0.25) is 0 Å². The lowest BCUT2D eigenvalue weighted by Gasteiger charge is -2.37. The van der Waals surface area contributed by atoms with Gasteiger partial charge in [-0.05, 0) is 32.9 Å². The van der Waals surface area contributed by atoms with Crippen molar-refractivity contribution >= 4 is 12.0 Å². The molecule has 0 aliphatic carbocycles. The number of benzene rings is 1. The molecule has 27 heavy (non-hydrogen) atoms. The molecule has 1 aromatic carbocycles. The maximum absolute atomic E-state index is 14.5. The number of fused-ring (bicyclic) bond motifs is 3. The highest BCUT2D eigenvalue weighted by atomic mass is 19.4. The van der Waals surface area contributed by atoms with E-state index >= 15 is 0 Å². The number of hydrogen-bond acceptors (Lipinski definition) is 4. The van der Waals surface area contributed by atoms with Crippen molar-refractivity contribution in [3.05, 3.63) is 29.1 Å². The molecule has 1 saturated heterocycles. The van der Waals surface area contributed by atoms with Crippen LogP contribution >= 0.6 is 0 Å². The van der Waals surface area contributed by atoms with Crippen LogP contribution in [0.1, 0.15) is 44.4 Å². The second kappa shape index (κ2) is 6.07. The van der Waals surface area contributed by atoms with Crippen molar-refractivity contribution in [2.75, 3.05) is 0 Å². The Hall–Kier alpha value is -2.39. The molecule has 2 aliphatic rings. The van der Waals surface area contributed by atoms with Gasteiger partial charge in [-0.15, -0.1) is 0 Å². The molecule has 0 radical (unpaired) electrons. The van der Waals surface area contributed by atoms with Gasteiger partial charge in [0.2, 0.25) is 0 Å². The van der Waals surface area contributed by atoms with Crippen molar-refractivity contribution in [2.24, 2.45) is 0 Å². The third kappa shape index (κ3) is 3.44. The zero-order chi connectivity index (χ0) is 20.3. The Kier molecular flexibility index (Phi) is 4.35. The van der Waals surface area contributed by atoms with E-state index in [1.165, 1.54) is 20.8 Å². The Morgan fingerprint density at radius 3 is 2.44 bits per heavy atom. The van der Waals surface area contributed by atoms with Crippen LogP contribution in [0.25, 0.3) is 0 Å². The highest BCUT2D eigenvalue weighted by molar-refractivity contribution is 5.96. The van der Waals surface area contributed by atoms with E-state index in [0.717, 1.165) is 0 Å². The van der Waals surface area contributed by atoms with E-state index in [0.29, 0.717) is 11.0 Å². The van der Waals surface area contributed by atoms with E-state index in [-0.39, 0.29) is 6.07 Å². The number of rotatable bonds is 0. The molecule has 5 nitrogen and oxygen atoms in total. The van der Waals surface area contributed by atoms with Crippen molar-refractivity contribution in [1.82, 2.24) is 4.90 Å². The van der Waals surface area contributed by atoms with Crippen LogP contribution in [0.4, 0.5) is 26.7 Å². The average molecular weight is 393 g/mol. The zero-order valence-electron chi connectivity index (χ0n) is 14.6. The molecule has 0 N–H and O–H groups in total. The van der Waals surface area contributed by atoms with Crippen molar-refractivity contribution in [2.45, 2.75) is 57.3 Å². The van der Waals surface area contributed by atoms with E-state index in [1.54, 1.807) is 0 Å². The van der Waals surface area contributed by atoms with Crippen LogP contribution in [0.15, 0.2) is 12.1 Å². The SMILES string of the molecule is CC(C)(C)OC(=O)N1C(=O)[C@@H](F)C[C@@H]2Oc3cc(C(F)(F)F)cc(F)c3[C@@H]21. The van der Waals surface area contributed by atoms with Gasteiger partial charge in [-0.2, -0.15) is 13.2 Å². The third-order valence-electron chi connectivity index (χ3n) is 4.16. The predicted octanol–water partition coefficient (Wildman–Crippen LogP) is 4.15. The maximum atomic E-state index is 14.5. The van der Waals surface area contributed by atoms with Gasteiger partial charge in [0, 0.05) is 6.42 Å². The number of hydrogen-bond donors (Lipinski definition) is 0. The molecular weight excluding hydrogens is 377 g/mol. The number of piperidine rings is 1. The quantitative estimate of drug-likeness (QED) is 0.622. The van der Waals surface area contributed by atoms with Gasteiger partial charge in [-0.25, -0.2) is 18.5 Å². The van der Waals surface area contributed by atoms with E-state index in [4.69, 9.17) is 9.47 Å². The summed E-state index contributed by atoms with van der Waals surface area (Å²) in [7, 11) is 0. The summed E-state index contributed by atoms with van der Waals surface area (Å²) in [5, 5.41) is 0. The van der Waals surface area contributed by atoms with Crippen LogP contribution in [-0.4, -0.2) is 34.8 Å². The van der Waals surface area contributed by atoms with Gasteiger partial charge < -0.3 is 9.47 Å². The molecule has 0 spiro atoms. The minimum Gasteiger partial charge on any atom is -0.487 e. The third-order valence-corrected chi connectivity index (χ3v) is 4.16. The van der Waals surface area contributed by atoms with Crippen molar-refractivity contribution in [3.8, 4) is 5.75 Å². The normalized spacial score (nSPS) is 25.0. The molecule has 2 heterocycles. The van der Waals surface area contributed by atoms with E-state index in [9.17, 15) is 31.5 Å². The predicted molar refractivity (Wildman–Crippen MR) is 81.2 cm³/mol. The van der Waals surface area contributed by atoms with Crippen molar-refractivity contribution in [3.63, 3.8) is 0 Å². The Bertz CT molecular complexity index is 802. The topological polar surface area (TPSA) is 55.8 Å². The maximum Gasteiger partial charge on any atom is 0.417 e. The molecule has 148 valence electrons. The average Bonchev–Trinajstić information content (AvgIpc) is 2.83. The van der Waals surface area contributed by atoms with Crippen LogP contribution in [0, 0.1) is 5.82 Å². The number of carbonyl (C=O) groups is 2. The second-order valence-corrected chi connectivity index (χ2v) is 7.36. The number of halogens is 5. The molecular formula is C17H16F5NO4. The van der Waals surface area contributed by atoms with Gasteiger partial charge in [-0.3, -0.25) is 4.79 Å². The summed E-state index contributed by atoms with van der Waals surface area (Å²) in [6.45, 7) is 4.54. The van der Waals surface area contributed by atoms with Gasteiger partial charge >= 0.3 is 12.3 Å². The summed E-state index contributed by atoms with van der Waals surface area (Å²) >= 11 is 0. The van der Waals surface area contributed by atoms with Gasteiger partial charge in [0.15, 0.2) is 6.17 Å². The fourth-order valence-electron chi connectivity index (χ4n) is 3.13. The van der Waals surface area contributed by atoms with Crippen LogP contribution in [0.5, 0.6) is 5.75 Å². The summed E-state index contributed by atoms with van der Waals surface area (Å²) in [6.07, 6.45) is -9.90. The molecule has 0 saturated carbocycles. The number of likely N-dealkylation sites (tertiary alicyclic amines) is 1.